The van der Waals surface area contributed by atoms with Crippen LogP contribution in [-0.4, -0.2) is 59.5 Å². The lowest BCUT2D eigenvalue weighted by atomic mass is 10.1. The molecule has 0 spiro atoms. The van der Waals surface area contributed by atoms with Crippen LogP contribution in [0, 0.1) is 10.1 Å². The fourth-order valence-corrected chi connectivity index (χ4v) is 3.00. The lowest BCUT2D eigenvalue weighted by Crippen LogP contribution is -2.50. The number of nitro benzene ring substituents is 1. The summed E-state index contributed by atoms with van der Waals surface area (Å²) in [5.74, 6) is -0.0863. The molecule has 1 saturated heterocycles. The van der Waals surface area contributed by atoms with E-state index >= 15 is 0 Å². The van der Waals surface area contributed by atoms with Crippen LogP contribution in [0.4, 0.5) is 11.5 Å². The molecule has 1 aliphatic heterocycles. The minimum Gasteiger partial charge on any atom is -0.455 e. The van der Waals surface area contributed by atoms with Gasteiger partial charge >= 0.3 is 5.97 Å². The van der Waals surface area contributed by atoms with Gasteiger partial charge in [0.1, 0.15) is 5.82 Å². The van der Waals surface area contributed by atoms with Gasteiger partial charge in [-0.05, 0) is 12.1 Å². The molecule has 0 saturated carbocycles. The summed E-state index contributed by atoms with van der Waals surface area (Å²) in [5.41, 5.74) is 0.116. The van der Waals surface area contributed by atoms with Crippen LogP contribution in [0.25, 0.3) is 0 Å². The molecule has 9 nitrogen and oxygen atoms in total. The van der Waals surface area contributed by atoms with Gasteiger partial charge in [0.05, 0.1) is 11.3 Å². The zero-order valence-electron chi connectivity index (χ0n) is 15.2. The van der Waals surface area contributed by atoms with Gasteiger partial charge in [0, 0.05) is 44.0 Å². The molecule has 0 N–H and O–H groups in total. The summed E-state index contributed by atoms with van der Waals surface area (Å²) in [6.07, 6.45) is 1.47. The van der Waals surface area contributed by atoms with Crippen LogP contribution in [0.1, 0.15) is 5.56 Å². The number of hydrogen-bond acceptors (Lipinski definition) is 7. The van der Waals surface area contributed by atoms with E-state index in [1.165, 1.54) is 18.2 Å². The number of nitrogens with zero attached hydrogens (tertiary/aromatic N) is 4. The molecule has 2 aromatic rings. The molecule has 1 aliphatic rings. The summed E-state index contributed by atoms with van der Waals surface area (Å²) in [6.45, 7) is 1.94. The largest absolute Gasteiger partial charge is 0.455 e. The first kappa shape index (κ1) is 19.3. The van der Waals surface area contributed by atoms with E-state index in [1.54, 1.807) is 17.2 Å². The van der Waals surface area contributed by atoms with Crippen LogP contribution in [-0.2, 0) is 20.7 Å². The molecular formula is C19H20N4O5. The normalized spacial score (nSPS) is 13.9. The third-order valence-electron chi connectivity index (χ3n) is 4.49. The van der Waals surface area contributed by atoms with Crippen molar-refractivity contribution < 1.29 is 19.2 Å². The monoisotopic (exact) mass is 384 g/mol. The smallest absolute Gasteiger partial charge is 0.311 e. The first-order valence-electron chi connectivity index (χ1n) is 8.86. The highest BCUT2D eigenvalue weighted by atomic mass is 16.6. The second-order valence-electron chi connectivity index (χ2n) is 6.28. The highest BCUT2D eigenvalue weighted by Gasteiger charge is 2.23. The highest BCUT2D eigenvalue weighted by Crippen LogP contribution is 2.18. The van der Waals surface area contributed by atoms with Crippen LogP contribution >= 0.6 is 0 Å². The number of hydrogen-bond donors (Lipinski definition) is 0. The number of rotatable bonds is 6. The first-order chi connectivity index (χ1) is 13.5. The third kappa shape index (κ3) is 4.81. The zero-order valence-corrected chi connectivity index (χ0v) is 15.2. The minimum absolute atomic E-state index is 0.142. The molecule has 28 heavy (non-hydrogen) atoms. The van der Waals surface area contributed by atoms with Gasteiger partial charge in [-0.2, -0.15) is 0 Å². The maximum atomic E-state index is 12.3. The Balaban J connectivity index is 1.46. The number of anilines is 1. The predicted molar refractivity (Wildman–Crippen MR) is 101 cm³/mol. The number of aromatic nitrogens is 1. The molecule has 0 bridgehead atoms. The van der Waals surface area contributed by atoms with Crippen molar-refractivity contribution in [2.75, 3.05) is 37.7 Å². The molecule has 0 unspecified atom stereocenters. The SMILES string of the molecule is O=C(Cc1ccccc1[N+](=O)[O-])OCC(=O)N1CCN(c2ccccn2)CC1. The van der Waals surface area contributed by atoms with Crippen LogP contribution in [0.5, 0.6) is 0 Å². The van der Waals surface area contributed by atoms with Crippen molar-refractivity contribution in [3.05, 3.63) is 64.3 Å². The van der Waals surface area contributed by atoms with Crippen molar-refractivity contribution >= 4 is 23.4 Å². The summed E-state index contributed by atoms with van der Waals surface area (Å²) in [4.78, 5) is 42.7. The molecule has 1 aromatic carbocycles. The molecule has 1 fully saturated rings. The number of piperazine rings is 1. The fraction of sp³-hybridized carbons (Fsp3) is 0.316. The van der Waals surface area contributed by atoms with Gasteiger partial charge in [0.2, 0.25) is 0 Å². The Bertz CT molecular complexity index is 850. The number of carbonyl (C=O) groups excluding carboxylic acids is 2. The number of ether oxygens (including phenoxy) is 1. The van der Waals surface area contributed by atoms with Gasteiger partial charge < -0.3 is 14.5 Å². The Morgan fingerprint density at radius 3 is 2.46 bits per heavy atom. The average molecular weight is 384 g/mol. The summed E-state index contributed by atoms with van der Waals surface area (Å²) in [6, 6.07) is 11.6. The Morgan fingerprint density at radius 2 is 1.79 bits per heavy atom. The summed E-state index contributed by atoms with van der Waals surface area (Å²) in [5, 5.41) is 11.0. The Kier molecular flexibility index (Phi) is 6.15. The summed E-state index contributed by atoms with van der Waals surface area (Å²) < 4.78 is 5.03. The molecule has 0 radical (unpaired) electrons. The van der Waals surface area contributed by atoms with Crippen LogP contribution in [0.15, 0.2) is 48.7 Å². The number of nitro groups is 1. The maximum absolute atomic E-state index is 12.3. The van der Waals surface area contributed by atoms with E-state index in [0.717, 1.165) is 5.82 Å². The van der Waals surface area contributed by atoms with Crippen molar-refractivity contribution in [3.63, 3.8) is 0 Å². The molecule has 3 rings (SSSR count). The molecule has 1 amide bonds. The number of pyridine rings is 1. The van der Waals surface area contributed by atoms with Gasteiger partial charge in [-0.3, -0.25) is 19.7 Å². The van der Waals surface area contributed by atoms with Crippen LogP contribution < -0.4 is 4.90 Å². The van der Waals surface area contributed by atoms with Gasteiger partial charge in [-0.25, -0.2) is 4.98 Å². The lowest BCUT2D eigenvalue weighted by molar-refractivity contribution is -0.385. The van der Waals surface area contributed by atoms with E-state index in [0.29, 0.717) is 26.2 Å². The minimum atomic E-state index is -0.672. The van der Waals surface area contributed by atoms with Gasteiger partial charge in [0.15, 0.2) is 6.61 Å². The van der Waals surface area contributed by atoms with Crippen molar-refractivity contribution in [2.45, 2.75) is 6.42 Å². The zero-order chi connectivity index (χ0) is 19.9. The standard InChI is InChI=1S/C19H20N4O5/c24-18(22-11-9-21(10-12-22)17-7-3-4-8-20-17)14-28-19(25)13-15-5-1-2-6-16(15)23(26)27/h1-8H,9-14H2. The highest BCUT2D eigenvalue weighted by molar-refractivity contribution is 5.82. The van der Waals surface area contributed by atoms with Gasteiger partial charge in [-0.1, -0.05) is 24.3 Å². The van der Waals surface area contributed by atoms with Gasteiger partial charge in [-0.15, -0.1) is 0 Å². The summed E-state index contributed by atoms with van der Waals surface area (Å²) >= 11 is 0. The Morgan fingerprint density at radius 1 is 1.07 bits per heavy atom. The topological polar surface area (TPSA) is 106 Å². The molecule has 146 valence electrons. The Labute approximate surface area is 161 Å². The van der Waals surface area contributed by atoms with E-state index in [-0.39, 0.29) is 30.2 Å². The predicted octanol–water partition coefficient (Wildman–Crippen LogP) is 1.42. The Hall–Kier alpha value is -3.49. The van der Waals surface area contributed by atoms with Crippen molar-refractivity contribution in [2.24, 2.45) is 0 Å². The molecule has 2 heterocycles. The van der Waals surface area contributed by atoms with Crippen molar-refractivity contribution in [1.29, 1.82) is 0 Å². The summed E-state index contributed by atoms with van der Waals surface area (Å²) in [7, 11) is 0. The third-order valence-corrected chi connectivity index (χ3v) is 4.49. The van der Waals surface area contributed by atoms with E-state index in [4.69, 9.17) is 4.74 Å². The second-order valence-corrected chi connectivity index (χ2v) is 6.28. The molecule has 0 atom stereocenters. The second kappa shape index (κ2) is 8.94. The average Bonchev–Trinajstić information content (AvgIpc) is 2.73. The van der Waals surface area contributed by atoms with Gasteiger partial charge in [0.25, 0.3) is 11.6 Å². The van der Waals surface area contributed by atoms with E-state index in [9.17, 15) is 19.7 Å². The molecule has 9 heteroatoms. The quantitative estimate of drug-likeness (QED) is 0.421. The van der Waals surface area contributed by atoms with Crippen LogP contribution in [0.2, 0.25) is 0 Å². The van der Waals surface area contributed by atoms with Crippen molar-refractivity contribution in [3.8, 4) is 0 Å². The van der Waals surface area contributed by atoms with E-state index in [2.05, 4.69) is 9.88 Å². The fourth-order valence-electron chi connectivity index (χ4n) is 3.00. The van der Waals surface area contributed by atoms with E-state index < -0.39 is 10.9 Å². The maximum Gasteiger partial charge on any atom is 0.311 e. The molecular weight excluding hydrogens is 364 g/mol. The lowest BCUT2D eigenvalue weighted by Gasteiger charge is -2.35. The van der Waals surface area contributed by atoms with Crippen molar-refractivity contribution in [1.82, 2.24) is 9.88 Å². The number of amides is 1. The number of carbonyl (C=O) groups is 2. The van der Waals surface area contributed by atoms with Crippen LogP contribution in [0.3, 0.4) is 0 Å². The molecule has 0 aliphatic carbocycles. The number of esters is 1. The molecule has 1 aromatic heterocycles. The number of para-hydroxylation sites is 1. The first-order valence-corrected chi connectivity index (χ1v) is 8.86. The number of benzene rings is 1. The van der Waals surface area contributed by atoms with E-state index in [1.807, 2.05) is 18.2 Å².